The smallest absolute Gasteiger partial charge is 0.243 e. The van der Waals surface area contributed by atoms with Gasteiger partial charge in [0.1, 0.15) is 0 Å². The minimum atomic E-state index is -3.53. The van der Waals surface area contributed by atoms with E-state index >= 15 is 0 Å². The van der Waals surface area contributed by atoms with E-state index in [2.05, 4.69) is 0 Å². The molecule has 2 aromatic rings. The van der Waals surface area contributed by atoms with Crippen LogP contribution in [-0.2, 0) is 10.0 Å². The predicted molar refractivity (Wildman–Crippen MR) is 96.6 cm³/mol. The first kappa shape index (κ1) is 17.8. The molecule has 134 valence electrons. The topological polar surface area (TPSA) is 55.8 Å². The Balaban J connectivity index is 1.96. The molecule has 0 spiro atoms. The summed E-state index contributed by atoms with van der Waals surface area (Å²) in [5.74, 6) is 1.25. The van der Waals surface area contributed by atoms with Crippen molar-refractivity contribution < 1.29 is 17.9 Å². The standard InChI is InChI=1S/C19H23NO4S/c1-14-6-9-16(10-7-14)25(21,22)20-12-4-5-17(20)15-8-11-18(23-2)19(13-15)24-3/h6-11,13,17H,4-5,12H2,1-3H3. The summed E-state index contributed by atoms with van der Waals surface area (Å²) in [7, 11) is -0.362. The molecule has 6 heteroatoms. The van der Waals surface area contributed by atoms with E-state index in [0.717, 1.165) is 24.0 Å². The fourth-order valence-corrected chi connectivity index (χ4v) is 4.95. The Morgan fingerprint density at radius 1 is 1.00 bits per heavy atom. The summed E-state index contributed by atoms with van der Waals surface area (Å²) in [5, 5.41) is 0. The number of aryl methyl sites for hydroxylation is 1. The molecule has 1 unspecified atom stereocenters. The molecule has 1 atom stereocenters. The van der Waals surface area contributed by atoms with Crippen LogP contribution in [0, 0.1) is 6.92 Å². The fraction of sp³-hybridized carbons (Fsp3) is 0.368. The first-order chi connectivity index (χ1) is 12.0. The molecule has 1 heterocycles. The highest BCUT2D eigenvalue weighted by molar-refractivity contribution is 7.89. The normalized spacial score (nSPS) is 18.3. The number of hydrogen-bond acceptors (Lipinski definition) is 4. The summed E-state index contributed by atoms with van der Waals surface area (Å²) in [5.41, 5.74) is 1.96. The second kappa shape index (κ2) is 7.06. The molecule has 1 saturated heterocycles. The van der Waals surface area contributed by atoms with E-state index in [-0.39, 0.29) is 6.04 Å². The number of benzene rings is 2. The number of rotatable bonds is 5. The molecule has 2 aromatic carbocycles. The van der Waals surface area contributed by atoms with Crippen molar-refractivity contribution in [2.45, 2.75) is 30.7 Å². The van der Waals surface area contributed by atoms with Crippen molar-refractivity contribution in [3.05, 3.63) is 53.6 Å². The monoisotopic (exact) mass is 361 g/mol. The average Bonchev–Trinajstić information content (AvgIpc) is 3.12. The zero-order chi connectivity index (χ0) is 18.0. The Morgan fingerprint density at radius 3 is 2.32 bits per heavy atom. The maximum absolute atomic E-state index is 13.1. The van der Waals surface area contributed by atoms with Crippen LogP contribution in [0.2, 0.25) is 0 Å². The van der Waals surface area contributed by atoms with Gasteiger partial charge in [0.15, 0.2) is 11.5 Å². The SMILES string of the molecule is COc1ccc(C2CCCN2S(=O)(=O)c2ccc(C)cc2)cc1OC. The molecule has 0 radical (unpaired) electrons. The molecule has 0 aromatic heterocycles. The molecule has 1 aliphatic rings. The summed E-state index contributed by atoms with van der Waals surface area (Å²) in [4.78, 5) is 0.338. The molecule has 5 nitrogen and oxygen atoms in total. The van der Waals surface area contributed by atoms with Crippen LogP contribution in [0.1, 0.15) is 30.0 Å². The summed E-state index contributed by atoms with van der Waals surface area (Å²) in [6.45, 7) is 2.47. The number of sulfonamides is 1. The molecular formula is C19H23NO4S. The molecule has 0 amide bonds. The van der Waals surface area contributed by atoms with Crippen molar-refractivity contribution in [2.75, 3.05) is 20.8 Å². The summed E-state index contributed by atoms with van der Waals surface area (Å²) in [6.07, 6.45) is 1.63. The van der Waals surface area contributed by atoms with E-state index < -0.39 is 10.0 Å². The van der Waals surface area contributed by atoms with E-state index in [9.17, 15) is 8.42 Å². The van der Waals surface area contributed by atoms with Crippen molar-refractivity contribution in [2.24, 2.45) is 0 Å². The summed E-state index contributed by atoms with van der Waals surface area (Å²) in [6, 6.07) is 12.4. The second-order valence-corrected chi connectivity index (χ2v) is 8.09. The van der Waals surface area contributed by atoms with Gasteiger partial charge >= 0.3 is 0 Å². The summed E-state index contributed by atoms with van der Waals surface area (Å²) < 4.78 is 38.4. The maximum atomic E-state index is 13.1. The molecule has 0 saturated carbocycles. The van der Waals surface area contributed by atoms with E-state index in [0.29, 0.717) is 22.9 Å². The van der Waals surface area contributed by atoms with Crippen LogP contribution in [0.3, 0.4) is 0 Å². The highest BCUT2D eigenvalue weighted by Gasteiger charge is 2.36. The molecule has 1 fully saturated rings. The quantitative estimate of drug-likeness (QED) is 0.817. The van der Waals surface area contributed by atoms with Crippen LogP contribution in [0.4, 0.5) is 0 Å². The van der Waals surface area contributed by atoms with Crippen LogP contribution < -0.4 is 9.47 Å². The van der Waals surface area contributed by atoms with E-state index in [4.69, 9.17) is 9.47 Å². The van der Waals surface area contributed by atoms with Crippen LogP contribution in [0.15, 0.2) is 47.4 Å². The highest BCUT2D eigenvalue weighted by Crippen LogP contribution is 2.39. The number of hydrogen-bond donors (Lipinski definition) is 0. The second-order valence-electron chi connectivity index (χ2n) is 6.20. The van der Waals surface area contributed by atoms with Crippen LogP contribution in [-0.4, -0.2) is 33.5 Å². The number of methoxy groups -OCH3 is 2. The number of ether oxygens (including phenoxy) is 2. The third-order valence-electron chi connectivity index (χ3n) is 4.62. The predicted octanol–water partition coefficient (Wildman–Crippen LogP) is 3.54. The van der Waals surface area contributed by atoms with Gasteiger partial charge in [-0.1, -0.05) is 23.8 Å². The summed E-state index contributed by atoms with van der Waals surface area (Å²) >= 11 is 0. The van der Waals surface area contributed by atoms with Gasteiger partial charge in [-0.2, -0.15) is 4.31 Å². The molecule has 25 heavy (non-hydrogen) atoms. The van der Waals surface area contributed by atoms with Crippen molar-refractivity contribution in [1.29, 1.82) is 0 Å². The van der Waals surface area contributed by atoms with Gasteiger partial charge < -0.3 is 9.47 Å². The Hall–Kier alpha value is -2.05. The van der Waals surface area contributed by atoms with Gasteiger partial charge in [-0.15, -0.1) is 0 Å². The minimum absolute atomic E-state index is 0.189. The van der Waals surface area contributed by atoms with Gasteiger partial charge in [-0.25, -0.2) is 8.42 Å². The zero-order valence-corrected chi connectivity index (χ0v) is 15.5. The number of nitrogens with zero attached hydrogens (tertiary/aromatic N) is 1. The van der Waals surface area contributed by atoms with Gasteiger partial charge in [-0.3, -0.25) is 0 Å². The van der Waals surface area contributed by atoms with Crippen molar-refractivity contribution in [1.82, 2.24) is 4.31 Å². The fourth-order valence-electron chi connectivity index (χ4n) is 3.27. The molecule has 0 bridgehead atoms. The molecular weight excluding hydrogens is 338 g/mol. The lowest BCUT2D eigenvalue weighted by atomic mass is 10.0. The minimum Gasteiger partial charge on any atom is -0.493 e. The van der Waals surface area contributed by atoms with E-state index in [1.807, 2.05) is 37.3 Å². The Morgan fingerprint density at radius 2 is 1.68 bits per heavy atom. The zero-order valence-electron chi connectivity index (χ0n) is 14.7. The Bertz CT molecular complexity index is 846. The van der Waals surface area contributed by atoms with E-state index in [1.54, 1.807) is 30.7 Å². The lowest BCUT2D eigenvalue weighted by Crippen LogP contribution is -2.30. The van der Waals surface area contributed by atoms with Gasteiger partial charge in [0.25, 0.3) is 0 Å². The van der Waals surface area contributed by atoms with Crippen LogP contribution in [0.5, 0.6) is 11.5 Å². The lowest BCUT2D eigenvalue weighted by Gasteiger charge is -2.25. The Kier molecular flexibility index (Phi) is 5.01. The molecule has 3 rings (SSSR count). The third kappa shape index (κ3) is 3.37. The average molecular weight is 361 g/mol. The largest absolute Gasteiger partial charge is 0.493 e. The van der Waals surface area contributed by atoms with Gasteiger partial charge in [-0.05, 0) is 49.6 Å². The first-order valence-corrected chi connectivity index (χ1v) is 9.72. The van der Waals surface area contributed by atoms with Crippen molar-refractivity contribution in [3.63, 3.8) is 0 Å². The molecule has 0 aliphatic carbocycles. The van der Waals surface area contributed by atoms with Crippen molar-refractivity contribution in [3.8, 4) is 11.5 Å². The van der Waals surface area contributed by atoms with Crippen LogP contribution >= 0.6 is 0 Å². The van der Waals surface area contributed by atoms with Gasteiger partial charge in [0.05, 0.1) is 25.2 Å². The first-order valence-electron chi connectivity index (χ1n) is 8.28. The highest BCUT2D eigenvalue weighted by atomic mass is 32.2. The van der Waals surface area contributed by atoms with Crippen molar-refractivity contribution >= 4 is 10.0 Å². The Labute approximate surface area is 149 Å². The third-order valence-corrected chi connectivity index (χ3v) is 6.55. The lowest BCUT2D eigenvalue weighted by molar-refractivity contribution is 0.351. The van der Waals surface area contributed by atoms with Gasteiger partial charge in [0.2, 0.25) is 10.0 Å². The molecule has 0 N–H and O–H groups in total. The van der Waals surface area contributed by atoms with E-state index in [1.165, 1.54) is 0 Å². The van der Waals surface area contributed by atoms with Gasteiger partial charge in [0, 0.05) is 6.54 Å². The molecule has 1 aliphatic heterocycles. The maximum Gasteiger partial charge on any atom is 0.243 e. The van der Waals surface area contributed by atoms with Crippen LogP contribution in [0.25, 0.3) is 0 Å².